The number of benzene rings is 1. The van der Waals surface area contributed by atoms with Crippen molar-refractivity contribution >= 4 is 17.3 Å². The van der Waals surface area contributed by atoms with Crippen molar-refractivity contribution in [2.75, 3.05) is 44.2 Å². The molecule has 1 aromatic rings. The first-order valence-electron chi connectivity index (χ1n) is 7.63. The maximum absolute atomic E-state index is 5.95. The second-order valence-electron chi connectivity index (χ2n) is 6.33. The molecule has 2 heterocycles. The lowest BCUT2D eigenvalue weighted by Gasteiger charge is -2.39. The van der Waals surface area contributed by atoms with Gasteiger partial charge < -0.3 is 10.2 Å². The Labute approximate surface area is 126 Å². The van der Waals surface area contributed by atoms with Gasteiger partial charge in [0.1, 0.15) is 0 Å². The zero-order chi connectivity index (χ0) is 14.0. The van der Waals surface area contributed by atoms with Crippen LogP contribution in [0.2, 0.25) is 5.02 Å². The molecule has 0 bridgehead atoms. The summed E-state index contributed by atoms with van der Waals surface area (Å²) >= 11 is 5.95. The summed E-state index contributed by atoms with van der Waals surface area (Å²) in [5.74, 6) is 0. The van der Waals surface area contributed by atoms with Crippen LogP contribution in [-0.4, -0.2) is 49.7 Å². The molecule has 0 aromatic heterocycles. The molecule has 0 aliphatic carbocycles. The molecule has 1 unspecified atom stereocenters. The van der Waals surface area contributed by atoms with E-state index in [1.54, 1.807) is 0 Å². The van der Waals surface area contributed by atoms with Crippen LogP contribution in [0, 0.1) is 0 Å². The normalized spacial score (nSPS) is 28.0. The summed E-state index contributed by atoms with van der Waals surface area (Å²) in [7, 11) is 0. The molecule has 110 valence electrons. The van der Waals surface area contributed by atoms with E-state index in [9.17, 15) is 0 Å². The summed E-state index contributed by atoms with van der Waals surface area (Å²) in [5, 5.41) is 4.47. The van der Waals surface area contributed by atoms with Crippen LogP contribution >= 0.6 is 11.6 Å². The molecule has 20 heavy (non-hydrogen) atoms. The minimum Gasteiger partial charge on any atom is -0.369 e. The van der Waals surface area contributed by atoms with Gasteiger partial charge in [-0.25, -0.2) is 0 Å². The van der Waals surface area contributed by atoms with Crippen molar-refractivity contribution in [3.8, 4) is 0 Å². The van der Waals surface area contributed by atoms with Gasteiger partial charge in [-0.3, -0.25) is 4.90 Å². The lowest BCUT2D eigenvalue weighted by Crippen LogP contribution is -2.54. The van der Waals surface area contributed by atoms with Crippen molar-refractivity contribution < 1.29 is 0 Å². The van der Waals surface area contributed by atoms with Gasteiger partial charge >= 0.3 is 0 Å². The van der Waals surface area contributed by atoms with Crippen LogP contribution in [0.5, 0.6) is 0 Å². The van der Waals surface area contributed by atoms with E-state index in [1.165, 1.54) is 31.6 Å². The summed E-state index contributed by atoms with van der Waals surface area (Å²) in [6, 6.07) is 8.20. The van der Waals surface area contributed by atoms with Crippen molar-refractivity contribution in [3.63, 3.8) is 0 Å². The van der Waals surface area contributed by atoms with Crippen molar-refractivity contribution in [2.45, 2.75) is 25.3 Å². The first-order chi connectivity index (χ1) is 9.65. The van der Waals surface area contributed by atoms with Crippen LogP contribution in [0.1, 0.15) is 19.8 Å². The fraction of sp³-hybridized carbons (Fsp3) is 0.625. The molecule has 0 amide bonds. The Morgan fingerprint density at radius 1 is 1.15 bits per heavy atom. The number of piperazine rings is 1. The highest BCUT2D eigenvalue weighted by Gasteiger charge is 2.31. The van der Waals surface area contributed by atoms with Crippen molar-refractivity contribution in [2.24, 2.45) is 0 Å². The Morgan fingerprint density at radius 2 is 1.85 bits per heavy atom. The molecule has 0 spiro atoms. The monoisotopic (exact) mass is 293 g/mol. The van der Waals surface area contributed by atoms with E-state index in [2.05, 4.69) is 34.2 Å². The molecule has 3 rings (SSSR count). The molecule has 0 saturated carbocycles. The Kier molecular flexibility index (Phi) is 4.20. The summed E-state index contributed by atoms with van der Waals surface area (Å²) in [4.78, 5) is 5.06. The van der Waals surface area contributed by atoms with Gasteiger partial charge in [0.2, 0.25) is 0 Å². The zero-order valence-electron chi connectivity index (χ0n) is 12.2. The molecule has 2 aliphatic rings. The van der Waals surface area contributed by atoms with E-state index in [4.69, 9.17) is 11.6 Å². The molecule has 4 heteroatoms. The quantitative estimate of drug-likeness (QED) is 0.924. The molecular weight excluding hydrogens is 270 g/mol. The van der Waals surface area contributed by atoms with Crippen LogP contribution < -0.4 is 10.2 Å². The second kappa shape index (κ2) is 5.92. The second-order valence-corrected chi connectivity index (χ2v) is 6.77. The summed E-state index contributed by atoms with van der Waals surface area (Å²) < 4.78 is 0. The van der Waals surface area contributed by atoms with E-state index in [1.807, 2.05) is 12.1 Å². The van der Waals surface area contributed by atoms with E-state index in [0.29, 0.717) is 5.54 Å². The lowest BCUT2D eigenvalue weighted by atomic mass is 9.99. The number of rotatable bonds is 3. The standard InChI is InChI=1S/C16H24ClN3/c1-16(7-2-8-18-16)13-19-9-11-20(12-10-19)15-5-3-14(17)4-6-15/h3-6,18H,2,7-13H2,1H3. The first-order valence-corrected chi connectivity index (χ1v) is 8.00. The predicted octanol–water partition coefficient (Wildman–Crippen LogP) is 2.60. The average molecular weight is 294 g/mol. The van der Waals surface area contributed by atoms with Crippen LogP contribution in [0.25, 0.3) is 0 Å². The molecule has 1 aromatic carbocycles. The topological polar surface area (TPSA) is 18.5 Å². The maximum Gasteiger partial charge on any atom is 0.0407 e. The number of nitrogens with one attached hydrogen (secondary N) is 1. The van der Waals surface area contributed by atoms with Crippen LogP contribution in [0.15, 0.2) is 24.3 Å². The fourth-order valence-electron chi connectivity index (χ4n) is 3.40. The predicted molar refractivity (Wildman–Crippen MR) is 85.7 cm³/mol. The lowest BCUT2D eigenvalue weighted by molar-refractivity contribution is 0.194. The maximum atomic E-state index is 5.95. The first kappa shape index (κ1) is 14.2. The molecule has 0 radical (unpaired) electrons. The van der Waals surface area contributed by atoms with Gasteiger partial charge in [0.25, 0.3) is 0 Å². The fourth-order valence-corrected chi connectivity index (χ4v) is 3.53. The smallest absolute Gasteiger partial charge is 0.0407 e. The Morgan fingerprint density at radius 3 is 2.45 bits per heavy atom. The Balaban J connectivity index is 1.53. The highest BCUT2D eigenvalue weighted by Crippen LogP contribution is 2.22. The SMILES string of the molecule is CC1(CN2CCN(c3ccc(Cl)cc3)CC2)CCCN1. The third kappa shape index (κ3) is 3.27. The van der Waals surface area contributed by atoms with Crippen LogP contribution in [-0.2, 0) is 0 Å². The third-order valence-corrected chi connectivity index (χ3v) is 4.85. The summed E-state index contributed by atoms with van der Waals surface area (Å²) in [6.45, 7) is 9.25. The molecular formula is C16H24ClN3. The summed E-state index contributed by atoms with van der Waals surface area (Å²) in [5.41, 5.74) is 1.63. The minimum absolute atomic E-state index is 0.336. The Hall–Kier alpha value is -0.770. The van der Waals surface area contributed by atoms with Crippen LogP contribution in [0.3, 0.4) is 0 Å². The van der Waals surface area contributed by atoms with E-state index in [0.717, 1.165) is 31.2 Å². The van der Waals surface area contributed by atoms with Crippen molar-refractivity contribution in [3.05, 3.63) is 29.3 Å². The third-order valence-electron chi connectivity index (χ3n) is 4.59. The number of hydrogen-bond acceptors (Lipinski definition) is 3. The highest BCUT2D eigenvalue weighted by molar-refractivity contribution is 6.30. The molecule has 2 fully saturated rings. The van der Waals surface area contributed by atoms with Gasteiger partial charge in [-0.05, 0) is 50.6 Å². The van der Waals surface area contributed by atoms with Gasteiger partial charge in [0.15, 0.2) is 0 Å². The van der Waals surface area contributed by atoms with E-state index in [-0.39, 0.29) is 0 Å². The number of hydrogen-bond donors (Lipinski definition) is 1. The van der Waals surface area contributed by atoms with Crippen molar-refractivity contribution in [1.29, 1.82) is 0 Å². The van der Waals surface area contributed by atoms with Crippen molar-refractivity contribution in [1.82, 2.24) is 10.2 Å². The minimum atomic E-state index is 0.336. The van der Waals surface area contributed by atoms with E-state index >= 15 is 0 Å². The Bertz CT molecular complexity index is 432. The van der Waals surface area contributed by atoms with Gasteiger partial charge in [0, 0.05) is 49.0 Å². The molecule has 2 saturated heterocycles. The van der Waals surface area contributed by atoms with Gasteiger partial charge in [-0.1, -0.05) is 11.6 Å². The molecule has 1 atom stereocenters. The van der Waals surface area contributed by atoms with Gasteiger partial charge in [0.05, 0.1) is 0 Å². The van der Waals surface area contributed by atoms with Gasteiger partial charge in [-0.2, -0.15) is 0 Å². The molecule has 3 nitrogen and oxygen atoms in total. The largest absolute Gasteiger partial charge is 0.369 e. The van der Waals surface area contributed by atoms with Crippen LogP contribution in [0.4, 0.5) is 5.69 Å². The molecule has 1 N–H and O–H groups in total. The summed E-state index contributed by atoms with van der Waals surface area (Å²) in [6.07, 6.45) is 2.63. The van der Waals surface area contributed by atoms with Gasteiger partial charge in [-0.15, -0.1) is 0 Å². The average Bonchev–Trinajstić information content (AvgIpc) is 2.87. The number of halogens is 1. The zero-order valence-corrected chi connectivity index (χ0v) is 13.0. The number of nitrogens with zero attached hydrogens (tertiary/aromatic N) is 2. The number of anilines is 1. The van der Waals surface area contributed by atoms with E-state index < -0.39 is 0 Å². The molecule has 2 aliphatic heterocycles. The highest BCUT2D eigenvalue weighted by atomic mass is 35.5.